The summed E-state index contributed by atoms with van der Waals surface area (Å²) in [5, 5.41) is 11.6. The van der Waals surface area contributed by atoms with Crippen molar-refractivity contribution in [2.24, 2.45) is 0 Å². The highest BCUT2D eigenvalue weighted by atomic mass is 32.1. The number of thiazole rings is 1. The van der Waals surface area contributed by atoms with Crippen LogP contribution in [0, 0.1) is 0 Å². The van der Waals surface area contributed by atoms with Crippen LogP contribution in [0.1, 0.15) is 18.4 Å². The second-order valence-electron chi connectivity index (χ2n) is 5.62. The number of carbonyl (C=O) groups is 1. The van der Waals surface area contributed by atoms with Crippen molar-refractivity contribution in [3.05, 3.63) is 53.5 Å². The van der Waals surface area contributed by atoms with Crippen LogP contribution in [0.2, 0.25) is 0 Å². The van der Waals surface area contributed by atoms with Crippen LogP contribution in [0.25, 0.3) is 21.3 Å². The van der Waals surface area contributed by atoms with Gasteiger partial charge in [0, 0.05) is 0 Å². The van der Waals surface area contributed by atoms with Crippen molar-refractivity contribution in [1.82, 2.24) is 10.3 Å². The van der Waals surface area contributed by atoms with Gasteiger partial charge >= 0.3 is 6.09 Å². The van der Waals surface area contributed by atoms with Crippen LogP contribution >= 0.6 is 11.3 Å². The Balaban J connectivity index is 1.65. The van der Waals surface area contributed by atoms with Gasteiger partial charge in [0.2, 0.25) is 0 Å². The minimum absolute atomic E-state index is 0.372. The second-order valence-corrected chi connectivity index (χ2v) is 6.51. The Labute approximate surface area is 131 Å². The second kappa shape index (κ2) is 4.81. The van der Waals surface area contributed by atoms with Crippen molar-refractivity contribution in [3.63, 3.8) is 0 Å². The van der Waals surface area contributed by atoms with Crippen LogP contribution < -0.4 is 5.32 Å². The van der Waals surface area contributed by atoms with E-state index in [1.165, 1.54) is 4.70 Å². The highest BCUT2D eigenvalue weighted by molar-refractivity contribution is 7.16. The van der Waals surface area contributed by atoms with Crippen molar-refractivity contribution in [2.75, 3.05) is 0 Å². The average molecular weight is 310 g/mol. The third-order valence-electron chi connectivity index (χ3n) is 4.20. The van der Waals surface area contributed by atoms with Crippen LogP contribution in [-0.2, 0) is 5.54 Å². The van der Waals surface area contributed by atoms with E-state index in [0.29, 0.717) is 0 Å². The number of hydrogen-bond acceptors (Lipinski definition) is 3. The molecule has 1 aromatic heterocycles. The minimum Gasteiger partial charge on any atom is -0.465 e. The highest BCUT2D eigenvalue weighted by Gasteiger charge is 2.45. The first-order chi connectivity index (χ1) is 10.7. The maximum atomic E-state index is 10.9. The number of hydrogen-bond donors (Lipinski definition) is 2. The molecule has 0 radical (unpaired) electrons. The van der Waals surface area contributed by atoms with Crippen molar-refractivity contribution < 1.29 is 9.90 Å². The van der Waals surface area contributed by atoms with Gasteiger partial charge in [-0.2, -0.15) is 0 Å². The van der Waals surface area contributed by atoms with Gasteiger partial charge in [0.15, 0.2) is 0 Å². The van der Waals surface area contributed by atoms with E-state index >= 15 is 0 Å². The lowest BCUT2D eigenvalue weighted by molar-refractivity contribution is 0.188. The van der Waals surface area contributed by atoms with E-state index in [9.17, 15) is 4.79 Å². The standard InChI is InChI=1S/C17H14N2O2S/c20-16(21)19-17(7-8-17)13-4-1-11(2-5-13)12-3-6-15-14(9-12)18-10-22-15/h1-6,9-10,19H,7-8H2,(H,20,21). The number of amides is 1. The van der Waals surface area contributed by atoms with E-state index in [1.54, 1.807) is 11.3 Å². The summed E-state index contributed by atoms with van der Waals surface area (Å²) in [5.74, 6) is 0. The molecule has 1 heterocycles. The van der Waals surface area contributed by atoms with Gasteiger partial charge in [-0.15, -0.1) is 11.3 Å². The first-order valence-electron chi connectivity index (χ1n) is 7.12. The lowest BCUT2D eigenvalue weighted by atomic mass is 9.99. The van der Waals surface area contributed by atoms with E-state index in [-0.39, 0.29) is 5.54 Å². The molecule has 0 aliphatic heterocycles. The Morgan fingerprint density at radius 2 is 1.86 bits per heavy atom. The Hall–Kier alpha value is -2.40. The molecule has 1 aliphatic rings. The monoisotopic (exact) mass is 310 g/mol. The van der Waals surface area contributed by atoms with Gasteiger partial charge < -0.3 is 10.4 Å². The Kier molecular flexibility index (Phi) is 2.90. The summed E-state index contributed by atoms with van der Waals surface area (Å²) < 4.78 is 1.18. The Morgan fingerprint density at radius 3 is 2.55 bits per heavy atom. The van der Waals surface area contributed by atoms with Gasteiger partial charge in [-0.3, -0.25) is 0 Å². The van der Waals surface area contributed by atoms with Crippen molar-refractivity contribution in [2.45, 2.75) is 18.4 Å². The van der Waals surface area contributed by atoms with E-state index in [2.05, 4.69) is 28.5 Å². The zero-order valence-corrected chi connectivity index (χ0v) is 12.6. The summed E-state index contributed by atoms with van der Waals surface area (Å²) >= 11 is 1.64. The van der Waals surface area contributed by atoms with Crippen LogP contribution in [0.3, 0.4) is 0 Å². The summed E-state index contributed by atoms with van der Waals surface area (Å²) in [6.45, 7) is 0. The maximum Gasteiger partial charge on any atom is 0.405 e. The zero-order valence-electron chi connectivity index (χ0n) is 11.7. The molecule has 4 rings (SSSR count). The molecule has 1 aliphatic carbocycles. The summed E-state index contributed by atoms with van der Waals surface area (Å²) in [6.07, 6.45) is 0.767. The van der Waals surface area contributed by atoms with Crippen LogP contribution in [0.4, 0.5) is 4.79 Å². The molecule has 4 nitrogen and oxygen atoms in total. The van der Waals surface area contributed by atoms with Crippen molar-refractivity contribution in [1.29, 1.82) is 0 Å². The smallest absolute Gasteiger partial charge is 0.405 e. The average Bonchev–Trinajstić information content (AvgIpc) is 3.13. The van der Waals surface area contributed by atoms with Gasteiger partial charge in [-0.25, -0.2) is 9.78 Å². The first kappa shape index (κ1) is 13.3. The van der Waals surface area contributed by atoms with E-state index in [1.807, 2.05) is 29.8 Å². The molecular weight excluding hydrogens is 296 g/mol. The van der Waals surface area contributed by atoms with E-state index < -0.39 is 6.09 Å². The minimum atomic E-state index is -0.962. The number of nitrogens with zero attached hydrogens (tertiary/aromatic N) is 1. The number of rotatable bonds is 3. The Bertz CT molecular complexity index is 850. The molecule has 1 fully saturated rings. The summed E-state index contributed by atoms with van der Waals surface area (Å²) in [6, 6.07) is 14.4. The van der Waals surface area contributed by atoms with Gasteiger partial charge in [-0.1, -0.05) is 30.3 Å². The number of carboxylic acid groups (broad SMARTS) is 1. The third-order valence-corrected chi connectivity index (χ3v) is 5.01. The number of nitrogens with one attached hydrogen (secondary N) is 1. The van der Waals surface area contributed by atoms with Crippen LogP contribution in [-0.4, -0.2) is 16.2 Å². The van der Waals surface area contributed by atoms with Crippen LogP contribution in [0.5, 0.6) is 0 Å². The molecule has 22 heavy (non-hydrogen) atoms. The fourth-order valence-corrected chi connectivity index (χ4v) is 3.49. The molecular formula is C17H14N2O2S. The number of benzene rings is 2. The summed E-state index contributed by atoms with van der Waals surface area (Å²) in [7, 11) is 0. The lowest BCUT2D eigenvalue weighted by Gasteiger charge is -2.16. The molecule has 0 bridgehead atoms. The molecule has 5 heteroatoms. The molecule has 1 saturated carbocycles. The van der Waals surface area contributed by atoms with Gasteiger partial charge in [0.1, 0.15) is 0 Å². The van der Waals surface area contributed by atoms with Crippen molar-refractivity contribution in [3.8, 4) is 11.1 Å². The highest BCUT2D eigenvalue weighted by Crippen LogP contribution is 2.45. The van der Waals surface area contributed by atoms with Crippen LogP contribution in [0.15, 0.2) is 48.0 Å². The predicted octanol–water partition coefficient (Wildman–Crippen LogP) is 4.22. The molecule has 2 aromatic carbocycles. The summed E-state index contributed by atoms with van der Waals surface area (Å²) in [5.41, 5.74) is 5.77. The Morgan fingerprint density at radius 1 is 1.14 bits per heavy atom. The molecule has 0 atom stereocenters. The SMILES string of the molecule is O=C(O)NC1(c2ccc(-c3ccc4scnc4c3)cc2)CC1. The lowest BCUT2D eigenvalue weighted by Crippen LogP contribution is -2.33. The van der Waals surface area contributed by atoms with E-state index in [0.717, 1.165) is 35.0 Å². The number of aromatic nitrogens is 1. The van der Waals surface area contributed by atoms with Gasteiger partial charge in [0.05, 0.1) is 21.3 Å². The summed E-state index contributed by atoms with van der Waals surface area (Å²) in [4.78, 5) is 15.2. The van der Waals surface area contributed by atoms with Gasteiger partial charge in [0.25, 0.3) is 0 Å². The fourth-order valence-electron chi connectivity index (χ4n) is 2.83. The normalized spacial score (nSPS) is 15.6. The van der Waals surface area contributed by atoms with Crippen molar-refractivity contribution >= 4 is 27.6 Å². The van der Waals surface area contributed by atoms with E-state index in [4.69, 9.17) is 5.11 Å². The first-order valence-corrected chi connectivity index (χ1v) is 8.00. The van der Waals surface area contributed by atoms with Gasteiger partial charge in [-0.05, 0) is 41.7 Å². The molecule has 3 aromatic rings. The molecule has 110 valence electrons. The molecule has 2 N–H and O–H groups in total. The third kappa shape index (κ3) is 2.23. The fraction of sp³-hybridized carbons (Fsp3) is 0.176. The zero-order chi connectivity index (χ0) is 15.2. The largest absolute Gasteiger partial charge is 0.465 e. The molecule has 0 unspecified atom stereocenters. The topological polar surface area (TPSA) is 62.2 Å². The molecule has 1 amide bonds. The quantitative estimate of drug-likeness (QED) is 0.761. The molecule has 0 spiro atoms. The molecule has 0 saturated heterocycles. The number of fused-ring (bicyclic) bond motifs is 1. The predicted molar refractivity (Wildman–Crippen MR) is 87.1 cm³/mol. The maximum absolute atomic E-state index is 10.9.